The smallest absolute Gasteiger partial charge is 0.327 e. The molecule has 2 amide bonds. The quantitative estimate of drug-likeness (QED) is 0.239. The van der Waals surface area contributed by atoms with Gasteiger partial charge in [-0.05, 0) is 35.4 Å². The SMILES string of the molecule is O=C1C2C(c3ccc(Oc4ccccc4)cc3)NC(CO)(C(=O)O)C2C(=O)N1CCNCc1ccccc1. The molecule has 0 aromatic heterocycles. The van der Waals surface area contributed by atoms with Crippen LogP contribution in [0.25, 0.3) is 0 Å². The maximum atomic E-state index is 13.5. The molecule has 5 rings (SSSR count). The molecule has 4 unspecified atom stereocenters. The molecule has 3 aromatic rings. The Kier molecular flexibility index (Phi) is 7.24. The van der Waals surface area contributed by atoms with Crippen molar-refractivity contribution in [3.8, 4) is 11.5 Å². The summed E-state index contributed by atoms with van der Waals surface area (Å²) in [5.41, 5.74) is -0.271. The zero-order valence-electron chi connectivity index (χ0n) is 20.6. The lowest BCUT2D eigenvalue weighted by Crippen LogP contribution is -2.58. The van der Waals surface area contributed by atoms with Crippen LogP contribution in [0.2, 0.25) is 0 Å². The molecule has 0 bridgehead atoms. The molecule has 0 radical (unpaired) electrons. The van der Waals surface area contributed by atoms with Crippen molar-refractivity contribution in [3.63, 3.8) is 0 Å². The second kappa shape index (κ2) is 10.7. The summed E-state index contributed by atoms with van der Waals surface area (Å²) in [6.45, 7) is 0.208. The minimum atomic E-state index is -1.96. The highest BCUT2D eigenvalue weighted by atomic mass is 16.5. The number of hydrogen-bond acceptors (Lipinski definition) is 7. The molecule has 9 heteroatoms. The third-order valence-electron chi connectivity index (χ3n) is 7.28. The van der Waals surface area contributed by atoms with Crippen molar-refractivity contribution in [3.05, 3.63) is 96.1 Å². The van der Waals surface area contributed by atoms with E-state index in [9.17, 15) is 24.6 Å². The number of carboxylic acids is 1. The normalized spacial score (nSPS) is 24.4. The average molecular weight is 516 g/mol. The van der Waals surface area contributed by atoms with Crippen molar-refractivity contribution in [2.24, 2.45) is 11.8 Å². The molecule has 38 heavy (non-hydrogen) atoms. The first-order valence-corrected chi connectivity index (χ1v) is 12.5. The molecule has 3 aromatic carbocycles. The van der Waals surface area contributed by atoms with E-state index in [0.717, 1.165) is 10.5 Å². The van der Waals surface area contributed by atoms with Gasteiger partial charge in [-0.3, -0.25) is 24.6 Å². The van der Waals surface area contributed by atoms with Crippen LogP contribution in [0.1, 0.15) is 17.2 Å². The van der Waals surface area contributed by atoms with E-state index in [1.165, 1.54) is 0 Å². The van der Waals surface area contributed by atoms with Crippen molar-refractivity contribution in [1.29, 1.82) is 0 Å². The number of nitrogens with one attached hydrogen (secondary N) is 2. The number of imide groups is 1. The van der Waals surface area contributed by atoms with Gasteiger partial charge >= 0.3 is 5.97 Å². The Morgan fingerprint density at radius 1 is 0.921 bits per heavy atom. The van der Waals surface area contributed by atoms with E-state index in [1.54, 1.807) is 24.3 Å². The molecule has 196 valence electrons. The lowest BCUT2D eigenvalue weighted by Gasteiger charge is -2.29. The van der Waals surface area contributed by atoms with Crippen molar-refractivity contribution in [2.75, 3.05) is 19.7 Å². The molecule has 9 nitrogen and oxygen atoms in total. The second-order valence-corrected chi connectivity index (χ2v) is 9.53. The van der Waals surface area contributed by atoms with Gasteiger partial charge in [-0.1, -0.05) is 60.7 Å². The molecular formula is C29H29N3O6. The van der Waals surface area contributed by atoms with Gasteiger partial charge in [-0.2, -0.15) is 0 Å². The number of aliphatic carboxylic acids is 1. The van der Waals surface area contributed by atoms with E-state index in [-0.39, 0.29) is 6.54 Å². The zero-order chi connectivity index (χ0) is 26.7. The highest BCUT2D eigenvalue weighted by molar-refractivity contribution is 6.09. The Hall–Kier alpha value is -4.05. The van der Waals surface area contributed by atoms with Crippen molar-refractivity contribution >= 4 is 17.8 Å². The van der Waals surface area contributed by atoms with Crippen LogP contribution >= 0.6 is 0 Å². The molecule has 4 atom stereocenters. The first-order chi connectivity index (χ1) is 18.4. The minimum Gasteiger partial charge on any atom is -0.480 e. The summed E-state index contributed by atoms with van der Waals surface area (Å²) >= 11 is 0. The van der Waals surface area contributed by atoms with Crippen LogP contribution < -0.4 is 15.4 Å². The monoisotopic (exact) mass is 515 g/mol. The van der Waals surface area contributed by atoms with Crippen molar-refractivity contribution in [1.82, 2.24) is 15.5 Å². The number of aliphatic hydroxyl groups excluding tert-OH is 1. The highest BCUT2D eigenvalue weighted by Crippen LogP contribution is 2.48. The number of nitrogens with zero attached hydrogens (tertiary/aromatic N) is 1. The largest absolute Gasteiger partial charge is 0.480 e. The van der Waals surface area contributed by atoms with Crippen molar-refractivity contribution in [2.45, 2.75) is 18.1 Å². The fraction of sp³-hybridized carbons (Fsp3) is 0.276. The lowest BCUT2D eigenvalue weighted by molar-refractivity contribution is -0.153. The van der Waals surface area contributed by atoms with Crippen LogP contribution in [0.4, 0.5) is 0 Å². The van der Waals surface area contributed by atoms with Gasteiger partial charge < -0.3 is 20.3 Å². The van der Waals surface area contributed by atoms with Gasteiger partial charge in [0.15, 0.2) is 5.54 Å². The van der Waals surface area contributed by atoms with Crippen LogP contribution in [0.5, 0.6) is 11.5 Å². The number of carbonyl (C=O) groups excluding carboxylic acids is 2. The van der Waals surface area contributed by atoms with E-state index in [0.29, 0.717) is 30.2 Å². The van der Waals surface area contributed by atoms with Crippen LogP contribution in [0, 0.1) is 11.8 Å². The predicted molar refractivity (Wildman–Crippen MR) is 138 cm³/mol. The van der Waals surface area contributed by atoms with Gasteiger partial charge in [0.2, 0.25) is 11.8 Å². The number of hydrogen-bond donors (Lipinski definition) is 4. The predicted octanol–water partition coefficient (Wildman–Crippen LogP) is 2.33. The Labute approximate surface area is 220 Å². The number of ether oxygens (including phenoxy) is 1. The van der Waals surface area contributed by atoms with Crippen LogP contribution in [0.15, 0.2) is 84.9 Å². The molecular weight excluding hydrogens is 486 g/mol. The molecule has 0 aliphatic carbocycles. The molecule has 2 fully saturated rings. The molecule has 0 saturated carbocycles. The van der Waals surface area contributed by atoms with E-state index in [1.807, 2.05) is 60.7 Å². The maximum absolute atomic E-state index is 13.5. The summed E-state index contributed by atoms with van der Waals surface area (Å²) in [7, 11) is 0. The average Bonchev–Trinajstić information content (AvgIpc) is 3.42. The number of rotatable bonds is 10. The summed E-state index contributed by atoms with van der Waals surface area (Å²) in [4.78, 5) is 40.4. The number of amides is 2. The summed E-state index contributed by atoms with van der Waals surface area (Å²) in [5, 5.41) is 26.4. The first-order valence-electron chi connectivity index (χ1n) is 12.5. The molecule has 2 aliphatic rings. The van der Waals surface area contributed by atoms with Gasteiger partial charge in [-0.15, -0.1) is 0 Å². The summed E-state index contributed by atoms with van der Waals surface area (Å²) in [6.07, 6.45) is 0. The summed E-state index contributed by atoms with van der Waals surface area (Å²) < 4.78 is 5.83. The van der Waals surface area contributed by atoms with Gasteiger partial charge in [-0.25, -0.2) is 0 Å². The number of para-hydroxylation sites is 1. The number of carbonyl (C=O) groups is 3. The third kappa shape index (κ3) is 4.67. The third-order valence-corrected chi connectivity index (χ3v) is 7.28. The zero-order valence-corrected chi connectivity index (χ0v) is 20.6. The number of fused-ring (bicyclic) bond motifs is 1. The van der Waals surface area contributed by atoms with Gasteiger partial charge in [0.25, 0.3) is 0 Å². The molecule has 4 N–H and O–H groups in total. The number of likely N-dealkylation sites (tertiary alicyclic amines) is 1. The van der Waals surface area contributed by atoms with E-state index in [2.05, 4.69) is 10.6 Å². The van der Waals surface area contributed by atoms with Crippen molar-refractivity contribution < 1.29 is 29.3 Å². The van der Waals surface area contributed by atoms with Gasteiger partial charge in [0.05, 0.1) is 18.4 Å². The van der Waals surface area contributed by atoms with E-state index >= 15 is 0 Å². The maximum Gasteiger partial charge on any atom is 0.327 e. The van der Waals surface area contributed by atoms with Crippen LogP contribution in [-0.4, -0.2) is 58.1 Å². The number of carboxylic acid groups (broad SMARTS) is 1. The fourth-order valence-corrected chi connectivity index (χ4v) is 5.37. The van der Waals surface area contributed by atoms with Gasteiger partial charge in [0, 0.05) is 25.7 Å². The van der Waals surface area contributed by atoms with E-state index in [4.69, 9.17) is 4.74 Å². The lowest BCUT2D eigenvalue weighted by atomic mass is 9.79. The highest BCUT2D eigenvalue weighted by Gasteiger charge is 2.68. The Morgan fingerprint density at radius 3 is 2.18 bits per heavy atom. The number of benzene rings is 3. The van der Waals surface area contributed by atoms with Crippen LogP contribution in [-0.2, 0) is 20.9 Å². The van der Waals surface area contributed by atoms with Gasteiger partial charge in [0.1, 0.15) is 11.5 Å². The second-order valence-electron chi connectivity index (χ2n) is 9.53. The fourth-order valence-electron chi connectivity index (χ4n) is 5.37. The first kappa shape index (κ1) is 25.6. The Balaban J connectivity index is 1.35. The number of aliphatic hydroxyl groups is 1. The Bertz CT molecular complexity index is 1300. The standard InChI is InChI=1S/C29H29N3O6/c33-18-29(28(36)37)24-23(26(34)32(27(24)35)16-15-30-17-19-7-3-1-4-8-19)25(31-29)20-11-13-22(14-12-20)38-21-9-5-2-6-10-21/h1-14,23-25,30-31,33H,15-18H2,(H,36,37). The molecule has 2 aliphatic heterocycles. The van der Waals surface area contributed by atoms with Crippen LogP contribution in [0.3, 0.4) is 0 Å². The summed E-state index contributed by atoms with van der Waals surface area (Å²) in [6, 6.07) is 25.1. The summed E-state index contributed by atoms with van der Waals surface area (Å²) in [5.74, 6) is -3.35. The minimum absolute atomic E-state index is 0.106. The topological polar surface area (TPSA) is 128 Å². The Morgan fingerprint density at radius 2 is 1.55 bits per heavy atom. The molecule has 2 heterocycles. The molecule has 2 saturated heterocycles. The van der Waals surface area contributed by atoms with E-state index < -0.39 is 47.8 Å². The molecule has 0 spiro atoms.